The second-order valence-corrected chi connectivity index (χ2v) is 8.44. The topological polar surface area (TPSA) is 81.5 Å². The molecule has 0 atom stereocenters. The van der Waals surface area contributed by atoms with Crippen LogP contribution in [0.1, 0.15) is 67.6 Å². The maximum atomic E-state index is 11.2. The minimum Gasteiger partial charge on any atom is -0.383 e. The Labute approximate surface area is 155 Å². The van der Waals surface area contributed by atoms with Crippen molar-refractivity contribution in [3.05, 3.63) is 64.7 Å². The van der Waals surface area contributed by atoms with E-state index in [4.69, 9.17) is 11.5 Å². The van der Waals surface area contributed by atoms with Gasteiger partial charge in [0.2, 0.25) is 5.91 Å². The van der Waals surface area contributed by atoms with Crippen molar-refractivity contribution in [1.82, 2.24) is 0 Å². The fourth-order valence-corrected chi connectivity index (χ4v) is 3.65. The van der Waals surface area contributed by atoms with Crippen molar-refractivity contribution < 1.29 is 4.79 Å². The number of carbonyl (C=O) groups is 1. The first-order valence-corrected chi connectivity index (χ1v) is 9.00. The van der Waals surface area contributed by atoms with Crippen molar-refractivity contribution in [2.45, 2.75) is 51.4 Å². The summed E-state index contributed by atoms with van der Waals surface area (Å²) >= 11 is 0. The third-order valence-corrected chi connectivity index (χ3v) is 5.55. The van der Waals surface area contributed by atoms with Crippen molar-refractivity contribution in [1.29, 1.82) is 0 Å². The molecule has 2 aromatic rings. The first-order chi connectivity index (χ1) is 12.1. The predicted molar refractivity (Wildman–Crippen MR) is 107 cm³/mol. The van der Waals surface area contributed by atoms with Gasteiger partial charge >= 0.3 is 0 Å². The molecule has 0 heterocycles. The van der Waals surface area contributed by atoms with Gasteiger partial charge in [0.25, 0.3) is 0 Å². The van der Waals surface area contributed by atoms with Gasteiger partial charge in [-0.3, -0.25) is 4.79 Å². The molecule has 4 nitrogen and oxygen atoms in total. The molecule has 4 heteroatoms. The number of nitrogens with zero attached hydrogens (tertiary/aromatic N) is 1. The average molecular weight is 349 g/mol. The second kappa shape index (κ2) is 6.27. The van der Waals surface area contributed by atoms with Crippen LogP contribution in [0.5, 0.6) is 0 Å². The van der Waals surface area contributed by atoms with Crippen molar-refractivity contribution in [2.24, 2.45) is 16.5 Å². The van der Waals surface area contributed by atoms with E-state index in [0.717, 1.165) is 12.0 Å². The minimum absolute atomic E-state index is 0.129. The highest BCUT2D eigenvalue weighted by Gasteiger charge is 2.37. The highest BCUT2D eigenvalue weighted by molar-refractivity contribution is 5.99. The van der Waals surface area contributed by atoms with E-state index in [2.05, 4.69) is 50.9 Å². The number of fused-ring (bicyclic) bond motifs is 1. The molecular weight excluding hydrogens is 322 g/mol. The zero-order chi connectivity index (χ0) is 19.1. The standard InChI is InChI=1S/C22H27N3O/c1-21(2)11-12-22(3,4)18-13-15(7-10-17(18)21)19(23)25-16-8-5-14(6-9-16)20(24)26/h5-10,13H,11-12H2,1-4H3,(H2,23,25)(H2,24,26). The molecule has 4 N–H and O–H groups in total. The van der Waals surface area contributed by atoms with Crippen LogP contribution in [0.4, 0.5) is 5.69 Å². The van der Waals surface area contributed by atoms with E-state index < -0.39 is 5.91 Å². The number of amides is 1. The summed E-state index contributed by atoms with van der Waals surface area (Å²) < 4.78 is 0. The number of aliphatic imine (C=N–C) groups is 1. The van der Waals surface area contributed by atoms with Gasteiger partial charge in [0.05, 0.1) is 5.69 Å². The maximum absolute atomic E-state index is 11.2. The summed E-state index contributed by atoms with van der Waals surface area (Å²) in [6, 6.07) is 13.3. The van der Waals surface area contributed by atoms with E-state index in [1.54, 1.807) is 24.3 Å². The van der Waals surface area contributed by atoms with Crippen molar-refractivity contribution in [2.75, 3.05) is 0 Å². The Morgan fingerprint density at radius 1 is 0.846 bits per heavy atom. The van der Waals surface area contributed by atoms with Gasteiger partial charge in [-0.05, 0) is 65.1 Å². The van der Waals surface area contributed by atoms with Crippen LogP contribution in [0.15, 0.2) is 47.5 Å². The Kier molecular flexibility index (Phi) is 4.39. The lowest BCUT2D eigenvalue weighted by atomic mass is 9.63. The van der Waals surface area contributed by atoms with Gasteiger partial charge in [-0.1, -0.05) is 39.8 Å². The van der Waals surface area contributed by atoms with Gasteiger partial charge in [0, 0.05) is 11.1 Å². The monoisotopic (exact) mass is 349 g/mol. The van der Waals surface area contributed by atoms with Crippen LogP contribution < -0.4 is 11.5 Å². The highest BCUT2D eigenvalue weighted by Crippen LogP contribution is 2.45. The minimum atomic E-state index is -0.451. The molecule has 1 amide bonds. The molecule has 0 saturated heterocycles. The summed E-state index contributed by atoms with van der Waals surface area (Å²) in [5.41, 5.74) is 16.7. The summed E-state index contributed by atoms with van der Waals surface area (Å²) in [7, 11) is 0. The lowest BCUT2D eigenvalue weighted by Crippen LogP contribution is -2.34. The predicted octanol–water partition coefficient (Wildman–Crippen LogP) is 4.17. The van der Waals surface area contributed by atoms with Gasteiger partial charge in [-0.15, -0.1) is 0 Å². The fraction of sp³-hybridized carbons (Fsp3) is 0.364. The number of nitrogens with two attached hydrogens (primary N) is 2. The van der Waals surface area contributed by atoms with Crippen LogP contribution >= 0.6 is 0 Å². The molecule has 3 rings (SSSR count). The third kappa shape index (κ3) is 3.36. The molecule has 136 valence electrons. The molecule has 2 aromatic carbocycles. The van der Waals surface area contributed by atoms with Gasteiger partial charge < -0.3 is 11.5 Å². The van der Waals surface area contributed by atoms with Crippen LogP contribution in [0, 0.1) is 0 Å². The number of carbonyl (C=O) groups excluding carboxylic acids is 1. The van der Waals surface area contributed by atoms with Crippen LogP contribution in [0.2, 0.25) is 0 Å². The lowest BCUT2D eigenvalue weighted by molar-refractivity contribution is 0.100. The molecule has 0 bridgehead atoms. The maximum Gasteiger partial charge on any atom is 0.248 e. The molecule has 1 aliphatic carbocycles. The van der Waals surface area contributed by atoms with Crippen LogP contribution in [0.3, 0.4) is 0 Å². The SMILES string of the molecule is CC1(C)CCC(C)(C)c2cc(C(N)=Nc3ccc(C(N)=O)cc3)ccc21. The van der Waals surface area contributed by atoms with Gasteiger partial charge in [0.1, 0.15) is 5.84 Å². The molecule has 26 heavy (non-hydrogen) atoms. The Balaban J connectivity index is 1.98. The highest BCUT2D eigenvalue weighted by atomic mass is 16.1. The van der Waals surface area contributed by atoms with Crippen molar-refractivity contribution >= 4 is 17.4 Å². The molecule has 0 saturated carbocycles. The number of hydrogen-bond acceptors (Lipinski definition) is 2. The largest absolute Gasteiger partial charge is 0.383 e. The van der Waals surface area contributed by atoms with Crippen LogP contribution in [-0.2, 0) is 10.8 Å². The molecule has 0 radical (unpaired) electrons. The normalized spacial score (nSPS) is 18.2. The molecular formula is C22H27N3O. The zero-order valence-corrected chi connectivity index (χ0v) is 16.0. The van der Waals surface area contributed by atoms with E-state index in [9.17, 15) is 4.79 Å². The average Bonchev–Trinajstić information content (AvgIpc) is 2.59. The number of primary amides is 1. The summed E-state index contributed by atoms with van der Waals surface area (Å²) in [4.78, 5) is 15.7. The van der Waals surface area contributed by atoms with E-state index >= 15 is 0 Å². The summed E-state index contributed by atoms with van der Waals surface area (Å²) in [6.45, 7) is 9.19. The molecule has 0 unspecified atom stereocenters. The Bertz CT molecular complexity index is 877. The smallest absolute Gasteiger partial charge is 0.248 e. The van der Waals surface area contributed by atoms with E-state index in [0.29, 0.717) is 17.1 Å². The first-order valence-electron chi connectivity index (χ1n) is 9.00. The molecule has 0 aromatic heterocycles. The van der Waals surface area contributed by atoms with E-state index in [1.165, 1.54) is 17.5 Å². The molecule has 1 aliphatic rings. The zero-order valence-electron chi connectivity index (χ0n) is 16.0. The van der Waals surface area contributed by atoms with Crippen LogP contribution in [-0.4, -0.2) is 11.7 Å². The quantitative estimate of drug-likeness (QED) is 0.644. The van der Waals surface area contributed by atoms with E-state index in [-0.39, 0.29) is 10.8 Å². The third-order valence-electron chi connectivity index (χ3n) is 5.55. The first kappa shape index (κ1) is 18.2. The number of amidine groups is 1. The van der Waals surface area contributed by atoms with Gasteiger partial charge in [0.15, 0.2) is 0 Å². The fourth-order valence-electron chi connectivity index (χ4n) is 3.65. The summed E-state index contributed by atoms with van der Waals surface area (Å²) in [5.74, 6) is 0.0202. The van der Waals surface area contributed by atoms with Crippen LogP contribution in [0.25, 0.3) is 0 Å². The Morgan fingerprint density at radius 2 is 1.38 bits per heavy atom. The lowest BCUT2D eigenvalue weighted by Gasteiger charge is -2.42. The molecule has 0 aliphatic heterocycles. The molecule has 0 spiro atoms. The Morgan fingerprint density at radius 3 is 1.96 bits per heavy atom. The van der Waals surface area contributed by atoms with E-state index in [1.807, 2.05) is 0 Å². The summed E-state index contributed by atoms with van der Waals surface area (Å²) in [5, 5.41) is 0. The second-order valence-electron chi connectivity index (χ2n) is 8.44. The van der Waals surface area contributed by atoms with Gasteiger partial charge in [-0.25, -0.2) is 4.99 Å². The number of rotatable bonds is 3. The molecule has 0 fully saturated rings. The number of benzene rings is 2. The van der Waals surface area contributed by atoms with Crippen molar-refractivity contribution in [3.8, 4) is 0 Å². The Hall–Kier alpha value is -2.62. The van der Waals surface area contributed by atoms with Crippen molar-refractivity contribution in [3.63, 3.8) is 0 Å². The van der Waals surface area contributed by atoms with Gasteiger partial charge in [-0.2, -0.15) is 0 Å². The number of hydrogen-bond donors (Lipinski definition) is 2. The summed E-state index contributed by atoms with van der Waals surface area (Å²) in [6.07, 6.45) is 2.34.